The summed E-state index contributed by atoms with van der Waals surface area (Å²) in [5.41, 5.74) is 1.46. The lowest BCUT2D eigenvalue weighted by molar-refractivity contribution is -0.138. The fourth-order valence-corrected chi connectivity index (χ4v) is 1.95. The van der Waals surface area contributed by atoms with Gasteiger partial charge in [-0.1, -0.05) is 0 Å². The highest BCUT2D eigenvalue weighted by molar-refractivity contribution is 5.88. The van der Waals surface area contributed by atoms with E-state index >= 15 is 0 Å². The zero-order valence-corrected chi connectivity index (χ0v) is 9.97. The molecule has 1 unspecified atom stereocenters. The molecule has 0 aliphatic carbocycles. The van der Waals surface area contributed by atoms with Crippen LogP contribution in [0.15, 0.2) is 18.2 Å². The molecule has 1 aromatic heterocycles. The molecule has 1 atom stereocenters. The molecule has 5 nitrogen and oxygen atoms in total. The van der Waals surface area contributed by atoms with Gasteiger partial charge in [-0.05, 0) is 25.1 Å². The normalized spacial score (nSPS) is 12.6. The van der Waals surface area contributed by atoms with Gasteiger partial charge in [0.05, 0.1) is 24.2 Å². The van der Waals surface area contributed by atoms with E-state index in [0.717, 1.165) is 10.9 Å². The monoisotopic (exact) mass is 234 g/mol. The Morgan fingerprint density at radius 3 is 2.82 bits per heavy atom. The lowest BCUT2D eigenvalue weighted by Crippen LogP contribution is -2.12. The summed E-state index contributed by atoms with van der Waals surface area (Å²) in [7, 11) is 3.33. The first kappa shape index (κ1) is 11.4. The third-order valence-corrected chi connectivity index (χ3v) is 2.87. The van der Waals surface area contributed by atoms with Gasteiger partial charge in [0.1, 0.15) is 5.75 Å². The van der Waals surface area contributed by atoms with Crippen molar-refractivity contribution in [1.82, 2.24) is 9.78 Å². The van der Waals surface area contributed by atoms with Crippen LogP contribution in [0.1, 0.15) is 18.5 Å². The molecule has 0 aliphatic heterocycles. The van der Waals surface area contributed by atoms with E-state index in [0.29, 0.717) is 11.4 Å². The summed E-state index contributed by atoms with van der Waals surface area (Å²) >= 11 is 0. The minimum atomic E-state index is -0.863. The van der Waals surface area contributed by atoms with Crippen molar-refractivity contribution in [2.45, 2.75) is 12.8 Å². The highest BCUT2D eigenvalue weighted by Gasteiger charge is 2.21. The molecule has 0 amide bonds. The maximum Gasteiger partial charge on any atom is 0.312 e. The van der Waals surface area contributed by atoms with E-state index in [4.69, 9.17) is 9.84 Å². The van der Waals surface area contributed by atoms with Crippen molar-refractivity contribution in [1.29, 1.82) is 0 Å². The lowest BCUT2D eigenvalue weighted by Gasteiger charge is -2.07. The second-order valence-corrected chi connectivity index (χ2v) is 3.95. The van der Waals surface area contributed by atoms with E-state index in [2.05, 4.69) is 5.10 Å². The molecule has 0 aliphatic rings. The minimum absolute atomic E-state index is 0.600. The number of aliphatic carboxylic acids is 1. The van der Waals surface area contributed by atoms with Crippen LogP contribution in [0.5, 0.6) is 5.75 Å². The van der Waals surface area contributed by atoms with Gasteiger partial charge in [0.25, 0.3) is 0 Å². The molecule has 0 saturated heterocycles. The maximum absolute atomic E-state index is 11.1. The molecule has 2 aromatic rings. The van der Waals surface area contributed by atoms with Crippen molar-refractivity contribution in [2.24, 2.45) is 7.05 Å². The summed E-state index contributed by atoms with van der Waals surface area (Å²) in [5.74, 6) is -0.765. The second-order valence-electron chi connectivity index (χ2n) is 3.95. The molecule has 0 bridgehead atoms. The van der Waals surface area contributed by atoms with Gasteiger partial charge in [-0.25, -0.2) is 0 Å². The number of aryl methyl sites for hydroxylation is 1. The van der Waals surface area contributed by atoms with E-state index in [-0.39, 0.29) is 0 Å². The Balaban J connectivity index is 2.68. The van der Waals surface area contributed by atoms with Crippen LogP contribution in [-0.2, 0) is 11.8 Å². The Labute approximate surface area is 98.6 Å². The van der Waals surface area contributed by atoms with Crippen molar-refractivity contribution in [3.8, 4) is 5.75 Å². The standard InChI is InChI=1S/C12H14N2O3/c1-7(12(15)16)11-9-6-8(17-3)4-5-10(9)13-14(11)2/h4-7H,1-3H3,(H,15,16). The number of ether oxygens (including phenoxy) is 1. The van der Waals surface area contributed by atoms with Gasteiger partial charge in [-0.2, -0.15) is 5.10 Å². The number of hydrogen-bond acceptors (Lipinski definition) is 3. The van der Waals surface area contributed by atoms with Crippen molar-refractivity contribution >= 4 is 16.9 Å². The first-order valence-corrected chi connectivity index (χ1v) is 5.28. The van der Waals surface area contributed by atoms with Gasteiger partial charge in [0.2, 0.25) is 0 Å². The Morgan fingerprint density at radius 2 is 2.24 bits per heavy atom. The van der Waals surface area contributed by atoms with Crippen LogP contribution in [0.25, 0.3) is 10.9 Å². The number of rotatable bonds is 3. The molecule has 1 aromatic carbocycles. The molecule has 0 saturated carbocycles. The molecule has 1 N–H and O–H groups in total. The summed E-state index contributed by atoms with van der Waals surface area (Å²) in [6, 6.07) is 5.45. The van der Waals surface area contributed by atoms with Crippen LogP contribution in [0.4, 0.5) is 0 Å². The zero-order valence-electron chi connectivity index (χ0n) is 9.97. The van der Waals surface area contributed by atoms with Crippen LogP contribution in [0.2, 0.25) is 0 Å². The number of carboxylic acid groups (broad SMARTS) is 1. The summed E-state index contributed by atoms with van der Waals surface area (Å²) < 4.78 is 6.76. The molecular weight excluding hydrogens is 220 g/mol. The highest BCUT2D eigenvalue weighted by atomic mass is 16.5. The Bertz CT molecular complexity index is 574. The Morgan fingerprint density at radius 1 is 1.53 bits per heavy atom. The van der Waals surface area contributed by atoms with E-state index in [9.17, 15) is 4.79 Å². The second kappa shape index (κ2) is 4.08. The van der Waals surface area contributed by atoms with E-state index in [1.54, 1.807) is 25.8 Å². The predicted molar refractivity (Wildman–Crippen MR) is 63.3 cm³/mol. The summed E-state index contributed by atoms with van der Waals surface area (Å²) in [6.07, 6.45) is 0. The fourth-order valence-electron chi connectivity index (χ4n) is 1.95. The van der Waals surface area contributed by atoms with Crippen molar-refractivity contribution in [3.05, 3.63) is 23.9 Å². The Kier molecular flexibility index (Phi) is 2.75. The van der Waals surface area contributed by atoms with Crippen LogP contribution < -0.4 is 4.74 Å². The predicted octanol–water partition coefficient (Wildman–Crippen LogP) is 1.77. The summed E-state index contributed by atoms with van der Waals surface area (Å²) in [4.78, 5) is 11.1. The quantitative estimate of drug-likeness (QED) is 0.879. The van der Waals surface area contributed by atoms with Crippen LogP contribution >= 0.6 is 0 Å². The molecular formula is C12H14N2O3. The average molecular weight is 234 g/mol. The first-order chi connectivity index (χ1) is 8.04. The van der Waals surface area contributed by atoms with Crippen molar-refractivity contribution in [3.63, 3.8) is 0 Å². The number of fused-ring (bicyclic) bond motifs is 1. The molecule has 1 heterocycles. The summed E-state index contributed by atoms with van der Waals surface area (Å²) in [5, 5.41) is 14.2. The van der Waals surface area contributed by atoms with Gasteiger partial charge < -0.3 is 9.84 Å². The van der Waals surface area contributed by atoms with Gasteiger partial charge >= 0.3 is 5.97 Å². The van der Waals surface area contributed by atoms with Gasteiger partial charge in [0.15, 0.2) is 0 Å². The molecule has 5 heteroatoms. The smallest absolute Gasteiger partial charge is 0.312 e. The molecule has 17 heavy (non-hydrogen) atoms. The maximum atomic E-state index is 11.1. The van der Waals surface area contributed by atoms with E-state index in [1.165, 1.54) is 0 Å². The van der Waals surface area contributed by atoms with Crippen LogP contribution in [-0.4, -0.2) is 28.0 Å². The topological polar surface area (TPSA) is 64.4 Å². The number of carbonyl (C=O) groups is 1. The minimum Gasteiger partial charge on any atom is -0.497 e. The van der Waals surface area contributed by atoms with Gasteiger partial charge in [-0.3, -0.25) is 9.48 Å². The number of aromatic nitrogens is 2. The number of hydrogen-bond donors (Lipinski definition) is 1. The zero-order chi connectivity index (χ0) is 12.6. The lowest BCUT2D eigenvalue weighted by atomic mass is 10.0. The molecule has 0 radical (unpaired) electrons. The van der Waals surface area contributed by atoms with Crippen LogP contribution in [0, 0.1) is 0 Å². The molecule has 90 valence electrons. The van der Waals surface area contributed by atoms with Crippen molar-refractivity contribution in [2.75, 3.05) is 7.11 Å². The molecule has 0 fully saturated rings. The third kappa shape index (κ3) is 1.84. The van der Waals surface area contributed by atoms with Gasteiger partial charge in [0, 0.05) is 12.4 Å². The number of nitrogens with zero attached hydrogens (tertiary/aromatic N) is 2. The average Bonchev–Trinajstić information content (AvgIpc) is 2.62. The van der Waals surface area contributed by atoms with Gasteiger partial charge in [-0.15, -0.1) is 0 Å². The summed E-state index contributed by atoms with van der Waals surface area (Å²) in [6.45, 7) is 1.65. The third-order valence-electron chi connectivity index (χ3n) is 2.87. The number of benzene rings is 1. The molecule has 0 spiro atoms. The first-order valence-electron chi connectivity index (χ1n) is 5.28. The SMILES string of the molecule is COc1ccc2nn(C)c(C(C)C(=O)O)c2c1. The molecule has 2 rings (SSSR count). The Hall–Kier alpha value is -2.04. The highest BCUT2D eigenvalue weighted by Crippen LogP contribution is 2.28. The number of carboxylic acids is 1. The van der Waals surface area contributed by atoms with Crippen molar-refractivity contribution < 1.29 is 14.6 Å². The van der Waals surface area contributed by atoms with E-state index in [1.807, 2.05) is 18.2 Å². The largest absolute Gasteiger partial charge is 0.497 e. The number of methoxy groups -OCH3 is 1. The fraction of sp³-hybridized carbons (Fsp3) is 0.333. The van der Waals surface area contributed by atoms with E-state index < -0.39 is 11.9 Å². The van der Waals surface area contributed by atoms with Crippen LogP contribution in [0.3, 0.4) is 0 Å².